The van der Waals surface area contributed by atoms with Crippen molar-refractivity contribution in [2.75, 3.05) is 16.2 Å². The first-order valence-electron chi connectivity index (χ1n) is 10.1. The monoisotopic (exact) mass is 534 g/mol. The number of amides is 1. The SMILES string of the molecule is O=C1C(Oc2c(Cl)cc(Cl)c3cccnc23)CCN1c1ccc(S(=O)(=O)Nc2nccs2)cc1. The van der Waals surface area contributed by atoms with E-state index in [1.807, 2.05) is 0 Å². The summed E-state index contributed by atoms with van der Waals surface area (Å²) in [5, 5.41) is 3.34. The average Bonchev–Trinajstić information content (AvgIpc) is 3.46. The number of halogens is 2. The van der Waals surface area contributed by atoms with E-state index < -0.39 is 16.1 Å². The Kier molecular flexibility index (Phi) is 6.07. The molecule has 12 heteroatoms. The molecule has 5 rings (SSSR count). The number of thiazole rings is 1. The minimum atomic E-state index is -3.78. The number of nitrogens with one attached hydrogen (secondary N) is 1. The maximum absolute atomic E-state index is 13.1. The Balaban J connectivity index is 1.34. The van der Waals surface area contributed by atoms with Crippen LogP contribution in [-0.4, -0.2) is 36.9 Å². The van der Waals surface area contributed by atoms with Gasteiger partial charge in [-0.25, -0.2) is 13.4 Å². The van der Waals surface area contributed by atoms with E-state index in [9.17, 15) is 13.2 Å². The van der Waals surface area contributed by atoms with Crippen molar-refractivity contribution in [3.8, 4) is 5.75 Å². The van der Waals surface area contributed by atoms with Crippen molar-refractivity contribution >= 4 is 72.2 Å². The number of ether oxygens (including phenoxy) is 1. The van der Waals surface area contributed by atoms with Crippen LogP contribution >= 0.6 is 34.5 Å². The Morgan fingerprint density at radius 1 is 1.09 bits per heavy atom. The number of rotatable bonds is 6. The minimum Gasteiger partial charge on any atom is -0.477 e. The van der Waals surface area contributed by atoms with Gasteiger partial charge in [0.15, 0.2) is 17.0 Å². The third kappa shape index (κ3) is 4.29. The fourth-order valence-corrected chi connectivity index (χ4v) is 6.02. The number of sulfonamides is 1. The smallest absolute Gasteiger partial charge is 0.268 e. The second-order valence-corrected chi connectivity index (χ2v) is 10.8. The number of carbonyl (C=O) groups excluding carboxylic acids is 1. The van der Waals surface area contributed by atoms with Crippen molar-refractivity contribution in [3.05, 3.63) is 70.3 Å². The van der Waals surface area contributed by atoms with Crippen molar-refractivity contribution in [2.45, 2.75) is 17.4 Å². The van der Waals surface area contributed by atoms with Crippen LogP contribution in [0.5, 0.6) is 5.75 Å². The molecule has 1 unspecified atom stereocenters. The van der Waals surface area contributed by atoms with Gasteiger partial charge in [-0.15, -0.1) is 11.3 Å². The van der Waals surface area contributed by atoms with Crippen LogP contribution in [0.2, 0.25) is 10.0 Å². The summed E-state index contributed by atoms with van der Waals surface area (Å²) in [6, 6.07) is 11.2. The van der Waals surface area contributed by atoms with Gasteiger partial charge >= 0.3 is 0 Å². The molecule has 3 heterocycles. The number of benzene rings is 2. The number of aromatic nitrogens is 2. The number of hydrogen-bond acceptors (Lipinski definition) is 7. The van der Waals surface area contributed by atoms with Crippen LogP contribution < -0.4 is 14.4 Å². The highest BCUT2D eigenvalue weighted by Crippen LogP contribution is 2.38. The Bertz CT molecular complexity index is 1480. The van der Waals surface area contributed by atoms with Crippen molar-refractivity contribution < 1.29 is 17.9 Å². The summed E-state index contributed by atoms with van der Waals surface area (Å²) < 4.78 is 33.5. The average molecular weight is 535 g/mol. The number of pyridine rings is 1. The fourth-order valence-electron chi connectivity index (χ4n) is 3.67. The van der Waals surface area contributed by atoms with Gasteiger partial charge in [0.25, 0.3) is 15.9 Å². The van der Waals surface area contributed by atoms with Crippen molar-refractivity contribution in [1.82, 2.24) is 9.97 Å². The van der Waals surface area contributed by atoms with E-state index >= 15 is 0 Å². The molecule has 2 aromatic heterocycles. The van der Waals surface area contributed by atoms with Gasteiger partial charge in [-0.05, 0) is 42.5 Å². The molecular formula is C22H16Cl2N4O4S2. The standard InChI is InChI=1S/C22H16Cl2N4O4S2/c23-16-12-17(24)20(19-15(16)2-1-8-25-19)32-18-7-10-28(21(18)29)13-3-5-14(6-4-13)34(30,31)27-22-26-9-11-33-22/h1-6,8-9,11-12,18H,7,10H2,(H,26,27). The van der Waals surface area contributed by atoms with E-state index in [1.165, 1.54) is 29.7 Å². The number of nitrogens with zero attached hydrogens (tertiary/aromatic N) is 3. The molecule has 1 saturated heterocycles. The molecule has 0 saturated carbocycles. The van der Waals surface area contributed by atoms with E-state index in [1.54, 1.807) is 46.8 Å². The van der Waals surface area contributed by atoms with Crippen LogP contribution in [0.25, 0.3) is 10.9 Å². The Morgan fingerprint density at radius 3 is 2.62 bits per heavy atom. The topological polar surface area (TPSA) is 101 Å². The number of anilines is 2. The highest BCUT2D eigenvalue weighted by molar-refractivity contribution is 7.93. The molecule has 0 bridgehead atoms. The molecule has 1 N–H and O–H groups in total. The predicted molar refractivity (Wildman–Crippen MR) is 133 cm³/mol. The van der Waals surface area contributed by atoms with E-state index in [4.69, 9.17) is 27.9 Å². The quantitative estimate of drug-likeness (QED) is 0.374. The lowest BCUT2D eigenvalue weighted by Gasteiger charge is -2.19. The van der Waals surface area contributed by atoms with Crippen LogP contribution in [0.15, 0.2) is 65.1 Å². The number of carbonyl (C=O) groups is 1. The summed E-state index contributed by atoms with van der Waals surface area (Å²) >= 11 is 13.8. The summed E-state index contributed by atoms with van der Waals surface area (Å²) in [4.78, 5) is 23.0. The molecule has 2 aromatic carbocycles. The summed E-state index contributed by atoms with van der Waals surface area (Å²) in [5.74, 6) is 0.0446. The first-order chi connectivity index (χ1) is 16.3. The first-order valence-corrected chi connectivity index (χ1v) is 13.2. The summed E-state index contributed by atoms with van der Waals surface area (Å²) in [6.45, 7) is 0.406. The van der Waals surface area contributed by atoms with Crippen LogP contribution in [0.1, 0.15) is 6.42 Å². The van der Waals surface area contributed by atoms with Gasteiger partial charge in [-0.1, -0.05) is 23.2 Å². The van der Waals surface area contributed by atoms with Crippen molar-refractivity contribution in [3.63, 3.8) is 0 Å². The summed E-state index contributed by atoms with van der Waals surface area (Å²) in [6.07, 6.45) is 2.78. The molecule has 4 aromatic rings. The molecule has 174 valence electrons. The molecule has 1 aliphatic rings. The second kappa shape index (κ2) is 9.03. The van der Waals surface area contributed by atoms with Crippen molar-refractivity contribution in [1.29, 1.82) is 0 Å². The van der Waals surface area contributed by atoms with Gasteiger partial charge < -0.3 is 9.64 Å². The molecule has 0 aliphatic carbocycles. The minimum absolute atomic E-state index is 0.0661. The third-order valence-electron chi connectivity index (χ3n) is 5.28. The lowest BCUT2D eigenvalue weighted by atomic mass is 10.2. The van der Waals surface area contributed by atoms with Gasteiger partial charge in [0.2, 0.25) is 0 Å². The maximum Gasteiger partial charge on any atom is 0.268 e. The molecule has 0 radical (unpaired) electrons. The predicted octanol–water partition coefficient (Wildman–Crippen LogP) is 4.98. The Morgan fingerprint density at radius 2 is 1.88 bits per heavy atom. The van der Waals surface area contributed by atoms with Gasteiger partial charge in [-0.2, -0.15) is 0 Å². The van der Waals surface area contributed by atoms with E-state index in [0.717, 1.165) is 0 Å². The van der Waals surface area contributed by atoms with Gasteiger partial charge in [0.05, 0.1) is 14.9 Å². The normalized spacial score (nSPS) is 16.2. The van der Waals surface area contributed by atoms with Gasteiger partial charge in [0, 0.05) is 41.8 Å². The Hall–Kier alpha value is -2.92. The maximum atomic E-state index is 13.1. The van der Waals surface area contributed by atoms with Crippen LogP contribution in [0.3, 0.4) is 0 Å². The number of fused-ring (bicyclic) bond motifs is 1. The van der Waals surface area contributed by atoms with Gasteiger partial charge in [-0.3, -0.25) is 14.5 Å². The molecule has 1 atom stereocenters. The van der Waals surface area contributed by atoms with Gasteiger partial charge in [0.1, 0.15) is 5.52 Å². The lowest BCUT2D eigenvalue weighted by Crippen LogP contribution is -2.32. The van der Waals surface area contributed by atoms with Crippen LogP contribution in [0, 0.1) is 0 Å². The molecule has 1 fully saturated rings. The molecular weight excluding hydrogens is 519 g/mol. The zero-order valence-corrected chi connectivity index (χ0v) is 20.5. The van der Waals surface area contributed by atoms with Crippen molar-refractivity contribution in [2.24, 2.45) is 0 Å². The largest absolute Gasteiger partial charge is 0.477 e. The second-order valence-electron chi connectivity index (χ2n) is 7.39. The molecule has 34 heavy (non-hydrogen) atoms. The van der Waals surface area contributed by atoms with E-state index in [2.05, 4.69) is 14.7 Å². The zero-order chi connectivity index (χ0) is 23.9. The molecule has 1 aliphatic heterocycles. The lowest BCUT2D eigenvalue weighted by molar-refractivity contribution is -0.122. The van der Waals surface area contributed by atoms with Crippen LogP contribution in [-0.2, 0) is 14.8 Å². The van der Waals surface area contributed by atoms with Crippen LogP contribution in [0.4, 0.5) is 10.8 Å². The molecule has 1 amide bonds. The summed E-state index contributed by atoms with van der Waals surface area (Å²) in [5.41, 5.74) is 1.04. The molecule has 8 nitrogen and oxygen atoms in total. The number of hydrogen-bond donors (Lipinski definition) is 1. The Labute approximate surface area is 209 Å². The molecule has 0 spiro atoms. The van der Waals surface area contributed by atoms with E-state index in [-0.39, 0.29) is 21.0 Å². The first kappa shape index (κ1) is 22.9. The fraction of sp³-hybridized carbons (Fsp3) is 0.136. The van der Waals surface area contributed by atoms with E-state index in [0.29, 0.717) is 40.3 Å². The zero-order valence-electron chi connectivity index (χ0n) is 17.3. The highest BCUT2D eigenvalue weighted by atomic mass is 35.5. The summed E-state index contributed by atoms with van der Waals surface area (Å²) in [7, 11) is -3.78. The third-order valence-corrected chi connectivity index (χ3v) is 8.05. The highest BCUT2D eigenvalue weighted by Gasteiger charge is 2.35.